The zero-order valence-electron chi connectivity index (χ0n) is 14.9. The van der Waals surface area contributed by atoms with Crippen molar-refractivity contribution >= 4 is 17.6 Å². The summed E-state index contributed by atoms with van der Waals surface area (Å²) in [6, 6.07) is 6.03. The number of amides is 2. The van der Waals surface area contributed by atoms with E-state index in [0.29, 0.717) is 13.1 Å². The van der Waals surface area contributed by atoms with Gasteiger partial charge in [-0.1, -0.05) is 25.0 Å². The number of nitrogens with zero attached hydrogens (tertiary/aromatic N) is 2. The van der Waals surface area contributed by atoms with Gasteiger partial charge in [-0.05, 0) is 37.0 Å². The Bertz CT molecular complexity index is 755. The molecule has 1 saturated carbocycles. The average molecular weight is 358 g/mol. The first-order valence-corrected chi connectivity index (χ1v) is 9.29. The minimum atomic E-state index is -0.856. The molecular weight excluding hydrogens is 335 g/mol. The lowest BCUT2D eigenvalue weighted by Crippen LogP contribution is -2.68. The van der Waals surface area contributed by atoms with Crippen molar-refractivity contribution in [3.05, 3.63) is 35.6 Å². The Hall–Kier alpha value is -2.24. The molecule has 138 valence electrons. The monoisotopic (exact) mass is 358 g/mol. The maximum absolute atomic E-state index is 13.1. The molecule has 0 radical (unpaired) electrons. The van der Waals surface area contributed by atoms with Gasteiger partial charge >= 0.3 is 0 Å². The highest BCUT2D eigenvalue weighted by molar-refractivity contribution is 6.41. The Labute approximate surface area is 152 Å². The van der Waals surface area contributed by atoms with Gasteiger partial charge in [-0.2, -0.15) is 0 Å². The van der Waals surface area contributed by atoms with Gasteiger partial charge in [0.1, 0.15) is 11.7 Å². The Balaban J connectivity index is 1.61. The summed E-state index contributed by atoms with van der Waals surface area (Å²) in [6.45, 7) is 0.904. The van der Waals surface area contributed by atoms with Crippen LogP contribution in [0.4, 0.5) is 4.39 Å². The third-order valence-electron chi connectivity index (χ3n) is 6.60. The van der Waals surface area contributed by atoms with Crippen LogP contribution in [-0.2, 0) is 20.9 Å². The molecule has 2 aliphatic heterocycles. The molecule has 26 heavy (non-hydrogen) atoms. The normalized spacial score (nSPS) is 28.0. The van der Waals surface area contributed by atoms with E-state index < -0.39 is 17.6 Å². The fraction of sp³-hybridized carbons (Fsp3) is 0.550. The van der Waals surface area contributed by atoms with Crippen LogP contribution in [0.5, 0.6) is 0 Å². The molecule has 2 amide bonds. The van der Waals surface area contributed by atoms with Crippen LogP contribution < -0.4 is 0 Å². The summed E-state index contributed by atoms with van der Waals surface area (Å²) < 4.78 is 13.1. The lowest BCUT2D eigenvalue weighted by Gasteiger charge is -2.53. The number of rotatable bonds is 2. The molecule has 1 aromatic rings. The number of piperidine rings is 2. The molecule has 4 rings (SSSR count). The van der Waals surface area contributed by atoms with Gasteiger partial charge in [0.15, 0.2) is 0 Å². The molecule has 2 heterocycles. The number of ketones is 1. The van der Waals surface area contributed by atoms with Crippen molar-refractivity contribution in [2.75, 3.05) is 13.6 Å². The minimum Gasteiger partial charge on any atom is -0.338 e. The van der Waals surface area contributed by atoms with Crippen LogP contribution in [0, 0.1) is 17.7 Å². The van der Waals surface area contributed by atoms with Crippen molar-refractivity contribution in [2.45, 2.75) is 44.2 Å². The van der Waals surface area contributed by atoms with Crippen molar-refractivity contribution in [1.82, 2.24) is 9.80 Å². The Morgan fingerprint density at radius 3 is 2.42 bits per heavy atom. The summed E-state index contributed by atoms with van der Waals surface area (Å²) in [5, 5.41) is 0. The van der Waals surface area contributed by atoms with Crippen LogP contribution in [0.25, 0.3) is 0 Å². The molecule has 0 bridgehead atoms. The summed E-state index contributed by atoms with van der Waals surface area (Å²) in [5.41, 5.74) is 0.480. The SMILES string of the molecule is CN1C(=O)C(=O)C2C(=O)N(Cc3ccc(F)cc3)CCC2C12CCCC2. The summed E-state index contributed by atoms with van der Waals surface area (Å²) in [6.07, 6.45) is 4.52. The Morgan fingerprint density at radius 1 is 1.12 bits per heavy atom. The standard InChI is InChI=1S/C20H23FN2O3/c1-22-19(26)17(24)16-15(20(22)9-2-3-10-20)8-11-23(18(16)25)12-13-4-6-14(21)7-5-13/h4-7,15-16H,2-3,8-12H2,1H3. The first-order chi connectivity index (χ1) is 12.4. The van der Waals surface area contributed by atoms with E-state index in [1.165, 1.54) is 12.1 Å². The summed E-state index contributed by atoms with van der Waals surface area (Å²) >= 11 is 0. The number of carbonyl (C=O) groups excluding carboxylic acids is 3. The van der Waals surface area contributed by atoms with E-state index in [2.05, 4.69) is 0 Å². The van der Waals surface area contributed by atoms with Gasteiger partial charge in [0.2, 0.25) is 11.7 Å². The van der Waals surface area contributed by atoms with E-state index in [1.807, 2.05) is 0 Å². The number of fused-ring (bicyclic) bond motifs is 2. The van der Waals surface area contributed by atoms with E-state index in [0.717, 1.165) is 37.7 Å². The Kier molecular flexibility index (Phi) is 4.09. The highest BCUT2D eigenvalue weighted by atomic mass is 19.1. The second-order valence-corrected chi connectivity index (χ2v) is 7.80. The number of benzene rings is 1. The predicted molar refractivity (Wildman–Crippen MR) is 92.4 cm³/mol. The van der Waals surface area contributed by atoms with Crippen LogP contribution in [0.1, 0.15) is 37.7 Å². The molecule has 0 N–H and O–H groups in total. The maximum Gasteiger partial charge on any atom is 0.291 e. The average Bonchev–Trinajstić information content (AvgIpc) is 3.12. The maximum atomic E-state index is 13.1. The van der Waals surface area contributed by atoms with Crippen molar-refractivity contribution in [1.29, 1.82) is 0 Å². The quantitative estimate of drug-likeness (QED) is 0.601. The largest absolute Gasteiger partial charge is 0.338 e. The van der Waals surface area contributed by atoms with Crippen molar-refractivity contribution in [3.63, 3.8) is 0 Å². The number of hydrogen-bond acceptors (Lipinski definition) is 3. The molecule has 3 fully saturated rings. The first kappa shape index (κ1) is 17.2. The first-order valence-electron chi connectivity index (χ1n) is 9.29. The van der Waals surface area contributed by atoms with Gasteiger partial charge in [-0.3, -0.25) is 14.4 Å². The van der Waals surface area contributed by atoms with Gasteiger partial charge in [0, 0.05) is 31.6 Å². The second kappa shape index (κ2) is 6.18. The van der Waals surface area contributed by atoms with Gasteiger partial charge in [0.05, 0.1) is 0 Å². The summed E-state index contributed by atoms with van der Waals surface area (Å²) in [7, 11) is 1.72. The lowest BCUT2D eigenvalue weighted by atomic mass is 9.65. The van der Waals surface area contributed by atoms with E-state index in [1.54, 1.807) is 29.0 Å². The highest BCUT2D eigenvalue weighted by Crippen LogP contribution is 2.50. The molecular formula is C20H23FN2O3. The molecule has 1 aliphatic carbocycles. The molecule has 2 saturated heterocycles. The number of Topliss-reactive ketones (excluding diaryl/α,β-unsaturated/α-hetero) is 1. The lowest BCUT2D eigenvalue weighted by molar-refractivity contribution is -0.171. The molecule has 0 aromatic heterocycles. The van der Waals surface area contributed by atoms with Gasteiger partial charge in [-0.15, -0.1) is 0 Å². The number of hydrogen-bond donors (Lipinski definition) is 0. The number of carbonyl (C=O) groups is 3. The number of likely N-dealkylation sites (tertiary alicyclic amines) is 2. The van der Waals surface area contributed by atoms with Crippen LogP contribution in [0.3, 0.4) is 0 Å². The van der Waals surface area contributed by atoms with E-state index >= 15 is 0 Å². The van der Waals surface area contributed by atoms with E-state index in [9.17, 15) is 18.8 Å². The zero-order valence-corrected chi connectivity index (χ0v) is 14.9. The summed E-state index contributed by atoms with van der Waals surface area (Å²) in [4.78, 5) is 41.6. The molecule has 2 atom stereocenters. The molecule has 3 aliphatic rings. The molecule has 6 heteroatoms. The zero-order chi connectivity index (χ0) is 18.5. The highest BCUT2D eigenvalue weighted by Gasteiger charge is 2.60. The third kappa shape index (κ3) is 2.46. The molecule has 5 nitrogen and oxygen atoms in total. The van der Waals surface area contributed by atoms with Crippen LogP contribution in [0.15, 0.2) is 24.3 Å². The number of halogens is 1. The van der Waals surface area contributed by atoms with Crippen molar-refractivity contribution in [2.24, 2.45) is 11.8 Å². The van der Waals surface area contributed by atoms with E-state index in [4.69, 9.17) is 0 Å². The Morgan fingerprint density at radius 2 is 1.77 bits per heavy atom. The third-order valence-corrected chi connectivity index (χ3v) is 6.60. The van der Waals surface area contributed by atoms with E-state index in [-0.39, 0.29) is 23.2 Å². The van der Waals surface area contributed by atoms with Crippen LogP contribution in [-0.4, -0.2) is 46.5 Å². The molecule has 2 unspecified atom stereocenters. The topological polar surface area (TPSA) is 57.7 Å². The van der Waals surface area contributed by atoms with Crippen LogP contribution in [0.2, 0.25) is 0 Å². The molecule has 1 aromatic carbocycles. The van der Waals surface area contributed by atoms with Crippen molar-refractivity contribution < 1.29 is 18.8 Å². The smallest absolute Gasteiger partial charge is 0.291 e. The van der Waals surface area contributed by atoms with Crippen LogP contribution >= 0.6 is 0 Å². The fourth-order valence-corrected chi connectivity index (χ4v) is 5.22. The fourth-order valence-electron chi connectivity index (χ4n) is 5.22. The van der Waals surface area contributed by atoms with Gasteiger partial charge in [0.25, 0.3) is 5.91 Å². The second-order valence-electron chi connectivity index (χ2n) is 7.80. The van der Waals surface area contributed by atoms with Gasteiger partial charge in [-0.25, -0.2) is 4.39 Å². The molecule has 1 spiro atoms. The van der Waals surface area contributed by atoms with Gasteiger partial charge < -0.3 is 9.80 Å². The predicted octanol–water partition coefficient (Wildman–Crippen LogP) is 2.14. The number of likely N-dealkylation sites (N-methyl/N-ethyl adjacent to an activating group) is 1. The van der Waals surface area contributed by atoms with Crippen molar-refractivity contribution in [3.8, 4) is 0 Å². The minimum absolute atomic E-state index is 0.0860. The summed E-state index contributed by atoms with van der Waals surface area (Å²) in [5.74, 6) is -2.60.